The molecule has 2 N–H and O–H groups in total. The summed E-state index contributed by atoms with van der Waals surface area (Å²) in [5, 5.41) is 3.16. The molecule has 0 radical (unpaired) electrons. The summed E-state index contributed by atoms with van der Waals surface area (Å²) < 4.78 is 51.2. The first-order valence-electron chi connectivity index (χ1n) is 12.9. The van der Waals surface area contributed by atoms with Crippen LogP contribution in [0.3, 0.4) is 0 Å². The lowest BCUT2D eigenvalue weighted by Crippen LogP contribution is -2.24. The van der Waals surface area contributed by atoms with E-state index in [0.717, 1.165) is 0 Å². The predicted molar refractivity (Wildman–Crippen MR) is 162 cm³/mol. The lowest BCUT2D eigenvalue weighted by molar-refractivity contribution is -0.115. The van der Waals surface area contributed by atoms with E-state index >= 15 is 0 Å². The number of benzene rings is 4. The SMILES string of the molecule is COC(=O)c1cccc(Oc2ccc(NC(=O)Cc3ccccc3Cl)cc2S(=O)(=O)NCc2ccc(OC)cc2OC)c1. The van der Waals surface area contributed by atoms with Gasteiger partial charge in [-0.05, 0) is 54.1 Å². The standard InChI is InChI=1S/C31H29ClN2O8S/c1-39-24-13-11-22(28(18-24)40-2)19-33-43(37,38)29-17-23(34-30(35)16-20-7-4-5-10-26(20)32)12-14-27(29)42-25-9-6-8-21(15-25)31(36)41-3/h4-15,17-18,33H,16,19H2,1-3H3,(H,34,35). The van der Waals surface area contributed by atoms with Crippen LogP contribution in [0.15, 0.2) is 89.8 Å². The van der Waals surface area contributed by atoms with Crippen LogP contribution in [0, 0.1) is 0 Å². The number of ether oxygens (including phenoxy) is 4. The molecule has 4 aromatic rings. The molecule has 0 aromatic heterocycles. The fourth-order valence-electron chi connectivity index (χ4n) is 4.08. The molecular formula is C31H29ClN2O8S. The topological polar surface area (TPSA) is 129 Å². The van der Waals surface area contributed by atoms with Gasteiger partial charge in [0, 0.05) is 28.9 Å². The number of amides is 1. The van der Waals surface area contributed by atoms with E-state index in [4.69, 9.17) is 30.5 Å². The molecule has 10 nitrogen and oxygen atoms in total. The number of carbonyl (C=O) groups is 2. The number of hydrogen-bond donors (Lipinski definition) is 2. The third kappa shape index (κ3) is 8.04. The Morgan fingerprint density at radius 1 is 0.791 bits per heavy atom. The molecule has 0 saturated heterocycles. The number of anilines is 1. The Kier molecular flexibility index (Phi) is 10.3. The summed E-state index contributed by atoms with van der Waals surface area (Å²) in [6, 6.07) is 22.3. The summed E-state index contributed by atoms with van der Waals surface area (Å²) in [7, 11) is 0.00387. The van der Waals surface area contributed by atoms with Gasteiger partial charge in [0.25, 0.3) is 0 Å². The zero-order valence-electron chi connectivity index (χ0n) is 23.5. The highest BCUT2D eigenvalue weighted by Gasteiger charge is 2.23. The summed E-state index contributed by atoms with van der Waals surface area (Å²) >= 11 is 6.19. The number of rotatable bonds is 12. The summed E-state index contributed by atoms with van der Waals surface area (Å²) in [5.41, 5.74) is 1.62. The average Bonchev–Trinajstić information content (AvgIpc) is 3.01. The molecule has 0 aliphatic rings. The van der Waals surface area contributed by atoms with Crippen LogP contribution in [0.4, 0.5) is 5.69 Å². The highest BCUT2D eigenvalue weighted by Crippen LogP contribution is 2.33. The van der Waals surface area contributed by atoms with Crippen molar-refractivity contribution >= 4 is 39.2 Å². The molecule has 0 saturated carbocycles. The summed E-state index contributed by atoms with van der Waals surface area (Å²) in [4.78, 5) is 24.6. The van der Waals surface area contributed by atoms with Crippen molar-refractivity contribution in [1.82, 2.24) is 4.72 Å². The third-order valence-corrected chi connectivity index (χ3v) is 8.05. The van der Waals surface area contributed by atoms with Crippen LogP contribution < -0.4 is 24.2 Å². The second kappa shape index (κ2) is 14.1. The molecule has 0 aliphatic heterocycles. The van der Waals surface area contributed by atoms with E-state index < -0.39 is 21.9 Å². The second-order valence-corrected chi connectivity index (χ2v) is 11.2. The summed E-state index contributed by atoms with van der Waals surface area (Å²) in [5.74, 6) is 0.163. The number of sulfonamides is 1. The van der Waals surface area contributed by atoms with Crippen molar-refractivity contribution in [1.29, 1.82) is 0 Å². The lowest BCUT2D eigenvalue weighted by atomic mass is 10.1. The van der Waals surface area contributed by atoms with E-state index in [2.05, 4.69) is 10.0 Å². The van der Waals surface area contributed by atoms with Crippen LogP contribution >= 0.6 is 11.6 Å². The predicted octanol–water partition coefficient (Wildman–Crippen LogP) is 5.60. The summed E-state index contributed by atoms with van der Waals surface area (Å²) in [6.45, 7) is -0.115. The first-order chi connectivity index (χ1) is 20.6. The van der Waals surface area contributed by atoms with Crippen LogP contribution in [-0.2, 0) is 32.5 Å². The molecule has 1 amide bonds. The molecule has 0 fully saturated rings. The second-order valence-electron chi connectivity index (χ2n) is 9.10. The van der Waals surface area contributed by atoms with Gasteiger partial charge >= 0.3 is 5.97 Å². The van der Waals surface area contributed by atoms with Crippen LogP contribution in [0.2, 0.25) is 5.02 Å². The van der Waals surface area contributed by atoms with Crippen molar-refractivity contribution in [3.63, 3.8) is 0 Å². The van der Waals surface area contributed by atoms with Gasteiger partial charge in [-0.25, -0.2) is 17.9 Å². The fourth-order valence-corrected chi connectivity index (χ4v) is 5.44. The Hall–Kier alpha value is -4.58. The van der Waals surface area contributed by atoms with E-state index in [1.165, 1.54) is 51.7 Å². The molecule has 0 bridgehead atoms. The minimum absolute atomic E-state index is 0.0180. The van der Waals surface area contributed by atoms with E-state index in [0.29, 0.717) is 27.6 Å². The van der Waals surface area contributed by atoms with Crippen LogP contribution in [0.5, 0.6) is 23.0 Å². The number of carbonyl (C=O) groups excluding carboxylic acids is 2. The van der Waals surface area contributed by atoms with Crippen LogP contribution in [-0.4, -0.2) is 41.6 Å². The molecule has 4 rings (SSSR count). The lowest BCUT2D eigenvalue weighted by Gasteiger charge is -2.16. The van der Waals surface area contributed by atoms with Gasteiger partial charge in [0.15, 0.2) is 0 Å². The van der Waals surface area contributed by atoms with Crippen molar-refractivity contribution in [2.24, 2.45) is 0 Å². The fraction of sp³-hybridized carbons (Fsp3) is 0.161. The highest BCUT2D eigenvalue weighted by molar-refractivity contribution is 7.89. The van der Waals surface area contributed by atoms with Crippen LogP contribution in [0.1, 0.15) is 21.5 Å². The normalized spacial score (nSPS) is 11.0. The number of nitrogens with one attached hydrogen (secondary N) is 2. The minimum atomic E-state index is -4.23. The molecule has 0 spiro atoms. The van der Waals surface area contributed by atoms with Crippen molar-refractivity contribution < 1.29 is 37.0 Å². The molecule has 4 aromatic carbocycles. The zero-order chi connectivity index (χ0) is 31.0. The van der Waals surface area contributed by atoms with Gasteiger partial charge in [-0.1, -0.05) is 41.9 Å². The number of methoxy groups -OCH3 is 3. The Balaban J connectivity index is 1.65. The Morgan fingerprint density at radius 3 is 2.30 bits per heavy atom. The molecule has 0 aliphatic carbocycles. The van der Waals surface area contributed by atoms with E-state index in [1.54, 1.807) is 54.6 Å². The molecular weight excluding hydrogens is 596 g/mol. The quantitative estimate of drug-likeness (QED) is 0.195. The van der Waals surface area contributed by atoms with E-state index in [9.17, 15) is 18.0 Å². The first kappa shape index (κ1) is 31.4. The Morgan fingerprint density at radius 2 is 1.58 bits per heavy atom. The van der Waals surface area contributed by atoms with Crippen LogP contribution in [0.25, 0.3) is 0 Å². The average molecular weight is 625 g/mol. The van der Waals surface area contributed by atoms with Crippen molar-refractivity contribution in [2.75, 3.05) is 26.6 Å². The molecule has 224 valence electrons. The van der Waals surface area contributed by atoms with Crippen molar-refractivity contribution in [3.05, 3.63) is 107 Å². The maximum Gasteiger partial charge on any atom is 0.337 e. The maximum atomic E-state index is 13.7. The monoisotopic (exact) mass is 624 g/mol. The summed E-state index contributed by atoms with van der Waals surface area (Å²) in [6.07, 6.45) is -0.0180. The zero-order valence-corrected chi connectivity index (χ0v) is 25.1. The van der Waals surface area contributed by atoms with Gasteiger partial charge in [0.2, 0.25) is 15.9 Å². The number of halogens is 1. The highest BCUT2D eigenvalue weighted by atomic mass is 35.5. The number of hydrogen-bond acceptors (Lipinski definition) is 8. The Bertz CT molecular complexity index is 1740. The smallest absolute Gasteiger partial charge is 0.337 e. The maximum absolute atomic E-state index is 13.7. The molecule has 0 atom stereocenters. The number of esters is 1. The molecule has 0 heterocycles. The minimum Gasteiger partial charge on any atom is -0.497 e. The van der Waals surface area contributed by atoms with Crippen molar-refractivity contribution in [3.8, 4) is 23.0 Å². The van der Waals surface area contributed by atoms with E-state index in [-0.39, 0.29) is 40.6 Å². The molecule has 12 heteroatoms. The first-order valence-corrected chi connectivity index (χ1v) is 14.7. The third-order valence-electron chi connectivity index (χ3n) is 6.26. The molecule has 0 unspecified atom stereocenters. The van der Waals surface area contributed by atoms with Gasteiger partial charge in [0.1, 0.15) is 27.9 Å². The van der Waals surface area contributed by atoms with Gasteiger partial charge < -0.3 is 24.3 Å². The Labute approximate surface area is 254 Å². The van der Waals surface area contributed by atoms with Gasteiger partial charge in [-0.15, -0.1) is 0 Å². The molecule has 43 heavy (non-hydrogen) atoms. The van der Waals surface area contributed by atoms with E-state index in [1.807, 2.05) is 0 Å². The largest absolute Gasteiger partial charge is 0.497 e. The van der Waals surface area contributed by atoms with Gasteiger partial charge in [-0.2, -0.15) is 0 Å². The van der Waals surface area contributed by atoms with Gasteiger partial charge in [0.05, 0.1) is 33.3 Å². The van der Waals surface area contributed by atoms with Gasteiger partial charge in [-0.3, -0.25) is 4.79 Å². The van der Waals surface area contributed by atoms with Crippen molar-refractivity contribution in [2.45, 2.75) is 17.9 Å².